The van der Waals surface area contributed by atoms with Gasteiger partial charge in [0.2, 0.25) is 23.6 Å². The molecule has 4 amide bonds. The summed E-state index contributed by atoms with van der Waals surface area (Å²) >= 11 is 2.00. The van der Waals surface area contributed by atoms with E-state index in [0.29, 0.717) is 85.3 Å². The minimum absolute atomic E-state index is 0.0585. The van der Waals surface area contributed by atoms with Crippen LogP contribution in [0.1, 0.15) is 87.3 Å². The molecule has 0 bridgehead atoms. The lowest BCUT2D eigenvalue weighted by molar-refractivity contribution is -0.139. The van der Waals surface area contributed by atoms with Crippen molar-refractivity contribution >= 4 is 80.0 Å². The number of hydrogen-bond donors (Lipinski definition) is 3. The van der Waals surface area contributed by atoms with Crippen molar-refractivity contribution in [3.63, 3.8) is 0 Å². The van der Waals surface area contributed by atoms with Crippen LogP contribution in [0.15, 0.2) is 81.1 Å². The van der Waals surface area contributed by atoms with Gasteiger partial charge in [0.15, 0.2) is 0 Å². The maximum absolute atomic E-state index is 15.2. The molecule has 3 N–H and O–H groups in total. The number of rotatable bonds is 11. The van der Waals surface area contributed by atoms with Crippen LogP contribution in [-0.2, 0) is 26.2 Å². The van der Waals surface area contributed by atoms with Crippen molar-refractivity contribution in [3.05, 3.63) is 118 Å². The quantitative estimate of drug-likeness (QED) is 0.100. The van der Waals surface area contributed by atoms with Gasteiger partial charge >= 0.3 is 5.69 Å². The van der Waals surface area contributed by atoms with Crippen LogP contribution in [0.25, 0.3) is 16.6 Å². The van der Waals surface area contributed by atoms with E-state index in [4.69, 9.17) is 0 Å². The van der Waals surface area contributed by atoms with E-state index < -0.39 is 22.6 Å². The Morgan fingerprint density at radius 3 is 2.18 bits per heavy atom. The van der Waals surface area contributed by atoms with E-state index in [0.717, 1.165) is 56.8 Å². The highest BCUT2D eigenvalue weighted by molar-refractivity contribution is 14.1. The zero-order valence-electron chi connectivity index (χ0n) is 40.1. The summed E-state index contributed by atoms with van der Waals surface area (Å²) < 4.78 is 19.7. The van der Waals surface area contributed by atoms with Crippen LogP contribution in [0.3, 0.4) is 0 Å². The van der Waals surface area contributed by atoms with E-state index in [-0.39, 0.29) is 75.4 Å². The molecule has 1 unspecified atom stereocenters. The Morgan fingerprint density at radius 1 is 0.775 bits per heavy atom. The molecule has 5 heterocycles. The maximum Gasteiger partial charge on any atom is 0.336 e. The number of halogens is 2. The third-order valence-corrected chi connectivity index (χ3v) is 16.1. The summed E-state index contributed by atoms with van der Waals surface area (Å²) in [6.07, 6.45) is 6.68. The van der Waals surface area contributed by atoms with Gasteiger partial charge in [-0.3, -0.25) is 52.7 Å². The number of carbonyl (C=O) groups is 4. The summed E-state index contributed by atoms with van der Waals surface area (Å²) in [6.45, 7) is 7.49. The standard InChI is InChI=1S/C53H59FIN9O7/c1-31-46-45(47(59(2)50(31)68)57-43-17-13-36(55)28-42(43)54)52(70)64(38-14-15-38)53(71)63(46)40-8-4-6-37(29-40)56-48(66)33-9-11-34(12-10-33)51(69)62-25-23-60(24-26-62)30-32-19-21-61(22-20-32)39-7-3-5-35(27-39)41-16-18-44(65)58-49(41)67/h3-8,13,17,27-29,32-34,38,41,57H,9-12,14-16,18-26,30H2,1-2H3,(H,56,66)(H,58,65,67). The summed E-state index contributed by atoms with van der Waals surface area (Å²) in [4.78, 5) is 101. The maximum atomic E-state index is 15.2. The Balaban J connectivity index is 0.742. The number of nitrogens with zero attached hydrogens (tertiary/aromatic N) is 6. The number of pyridine rings is 1. The SMILES string of the molecule is Cc1c(=O)n(C)c(Nc2ccc(I)cc2F)c2c(=O)n(C3CC3)c(=O)n(-c3cccc(NC(=O)C4CCC(C(=O)N5CCN(CC6CCN(c7cccc(C8CCC(=O)NC8=O)c7)CC6)CC5)CC4)c3)c12. The highest BCUT2D eigenvalue weighted by atomic mass is 127. The topological polar surface area (TPSA) is 180 Å². The van der Waals surface area contributed by atoms with Gasteiger partial charge in [-0.2, -0.15) is 0 Å². The Kier molecular flexibility index (Phi) is 13.8. The molecule has 5 fully saturated rings. The molecule has 2 aromatic heterocycles. The summed E-state index contributed by atoms with van der Waals surface area (Å²) in [6, 6.07) is 19.2. The third-order valence-electron chi connectivity index (χ3n) is 15.5. The molecule has 2 aliphatic carbocycles. The van der Waals surface area contributed by atoms with Gasteiger partial charge in [0, 0.05) is 97.7 Å². The lowest BCUT2D eigenvalue weighted by Crippen LogP contribution is -2.52. The number of benzene rings is 3. The number of aryl methyl sites for hydroxylation is 1. The second kappa shape index (κ2) is 20.2. The third kappa shape index (κ3) is 9.93. The van der Waals surface area contributed by atoms with Crippen molar-refractivity contribution < 1.29 is 23.6 Å². The molecule has 5 aliphatic rings. The average molecular weight is 1080 g/mol. The van der Waals surface area contributed by atoms with Crippen molar-refractivity contribution in [1.82, 2.24) is 28.8 Å². The van der Waals surface area contributed by atoms with Crippen LogP contribution in [0.5, 0.6) is 0 Å². The first-order chi connectivity index (χ1) is 34.2. The van der Waals surface area contributed by atoms with Crippen LogP contribution in [0.4, 0.5) is 27.3 Å². The number of amides is 4. The molecule has 16 nitrogen and oxygen atoms in total. The molecule has 3 aromatic carbocycles. The molecule has 0 radical (unpaired) electrons. The van der Waals surface area contributed by atoms with Crippen molar-refractivity contribution in [1.29, 1.82) is 0 Å². The Morgan fingerprint density at radius 2 is 1.48 bits per heavy atom. The van der Waals surface area contributed by atoms with E-state index in [1.165, 1.54) is 32.9 Å². The van der Waals surface area contributed by atoms with Gasteiger partial charge in [0.05, 0.1) is 22.8 Å². The fourth-order valence-corrected chi connectivity index (χ4v) is 11.7. The van der Waals surface area contributed by atoms with Gasteiger partial charge in [-0.25, -0.2) is 9.18 Å². The molecule has 372 valence electrons. The predicted molar refractivity (Wildman–Crippen MR) is 278 cm³/mol. The van der Waals surface area contributed by atoms with E-state index in [1.54, 1.807) is 37.3 Å². The lowest BCUT2D eigenvalue weighted by Gasteiger charge is -2.40. The minimum atomic E-state index is -0.605. The average Bonchev–Trinajstić information content (AvgIpc) is 4.21. The second-order valence-electron chi connectivity index (χ2n) is 20.1. The molecule has 3 saturated heterocycles. The first-order valence-electron chi connectivity index (χ1n) is 25.0. The Bertz CT molecular complexity index is 3120. The summed E-state index contributed by atoms with van der Waals surface area (Å²) in [5.74, 6) is -1.10. The zero-order chi connectivity index (χ0) is 49.7. The van der Waals surface area contributed by atoms with Gasteiger partial charge in [0.25, 0.3) is 11.1 Å². The van der Waals surface area contributed by atoms with Gasteiger partial charge in [0.1, 0.15) is 17.0 Å². The van der Waals surface area contributed by atoms with Gasteiger partial charge in [-0.1, -0.05) is 18.2 Å². The van der Waals surface area contributed by atoms with Crippen LogP contribution in [-0.4, -0.2) is 92.9 Å². The highest BCUT2D eigenvalue weighted by Crippen LogP contribution is 2.36. The summed E-state index contributed by atoms with van der Waals surface area (Å²) in [7, 11) is 1.50. The molecule has 2 saturated carbocycles. The number of nitrogens with one attached hydrogen (secondary N) is 3. The van der Waals surface area contributed by atoms with Crippen molar-refractivity contribution in [2.45, 2.75) is 83.1 Å². The number of fused-ring (bicyclic) bond motifs is 1. The van der Waals surface area contributed by atoms with Crippen molar-refractivity contribution in [2.75, 3.05) is 61.3 Å². The van der Waals surface area contributed by atoms with Crippen molar-refractivity contribution in [2.24, 2.45) is 24.8 Å². The van der Waals surface area contributed by atoms with Gasteiger partial charge in [-0.05, 0) is 147 Å². The predicted octanol–water partition coefficient (Wildman–Crippen LogP) is 6.31. The number of piperazine rings is 1. The minimum Gasteiger partial charge on any atom is -0.372 e. The number of imide groups is 1. The highest BCUT2D eigenvalue weighted by Gasteiger charge is 2.36. The largest absolute Gasteiger partial charge is 0.372 e. The second-order valence-corrected chi connectivity index (χ2v) is 21.3. The van der Waals surface area contributed by atoms with Crippen LogP contribution < -0.4 is 37.7 Å². The first-order valence-corrected chi connectivity index (χ1v) is 26.0. The Labute approximate surface area is 423 Å². The molecule has 0 spiro atoms. The van der Waals surface area contributed by atoms with E-state index in [9.17, 15) is 33.6 Å². The molecule has 10 rings (SSSR count). The van der Waals surface area contributed by atoms with Gasteiger partial charge in [-0.15, -0.1) is 0 Å². The monoisotopic (exact) mass is 1080 g/mol. The number of aromatic nitrogens is 3. The number of piperidine rings is 2. The fourth-order valence-electron chi connectivity index (χ4n) is 11.2. The normalized spacial score (nSPS) is 21.3. The number of hydrogen-bond acceptors (Lipinski definition) is 10. The van der Waals surface area contributed by atoms with E-state index in [1.807, 2.05) is 39.6 Å². The molecular formula is C53H59FIN9O7. The molecule has 71 heavy (non-hydrogen) atoms. The molecule has 1 atom stereocenters. The lowest BCUT2D eigenvalue weighted by atomic mass is 9.80. The van der Waals surface area contributed by atoms with Crippen LogP contribution in [0.2, 0.25) is 0 Å². The van der Waals surface area contributed by atoms with Crippen LogP contribution >= 0.6 is 22.6 Å². The Hall–Kier alpha value is -6.15. The smallest absolute Gasteiger partial charge is 0.336 e. The van der Waals surface area contributed by atoms with Gasteiger partial charge < -0.3 is 20.4 Å². The number of carbonyl (C=O) groups excluding carboxylic acids is 4. The zero-order valence-corrected chi connectivity index (χ0v) is 42.2. The number of anilines is 4. The fraction of sp³-hybridized carbons (Fsp3) is 0.453. The van der Waals surface area contributed by atoms with E-state index in [2.05, 4.69) is 37.9 Å². The van der Waals surface area contributed by atoms with Crippen LogP contribution in [0, 0.1) is 34.1 Å². The van der Waals surface area contributed by atoms with Crippen molar-refractivity contribution in [3.8, 4) is 5.69 Å². The first kappa shape index (κ1) is 48.5. The van der Waals surface area contributed by atoms with E-state index >= 15 is 4.39 Å². The summed E-state index contributed by atoms with van der Waals surface area (Å²) in [5, 5.41) is 8.58. The summed E-state index contributed by atoms with van der Waals surface area (Å²) in [5.41, 5.74) is 1.55. The molecular weight excluding hydrogens is 1020 g/mol. The molecule has 5 aromatic rings. The molecule has 3 aliphatic heterocycles. The molecule has 18 heteroatoms.